The number of aryl methyl sites for hydroxylation is 1. The van der Waals surface area contributed by atoms with Gasteiger partial charge in [-0.05, 0) is 50.7 Å². The van der Waals surface area contributed by atoms with Gasteiger partial charge in [0.05, 0.1) is 17.8 Å². The lowest BCUT2D eigenvalue weighted by molar-refractivity contribution is -0.107. The Hall–Kier alpha value is -0.900. The maximum Gasteiger partial charge on any atom is 0.0809 e. The summed E-state index contributed by atoms with van der Waals surface area (Å²) < 4.78 is 6.11. The molecule has 1 spiro atoms. The van der Waals surface area contributed by atoms with Gasteiger partial charge in [0.25, 0.3) is 0 Å². The average molecular weight is 317 g/mol. The van der Waals surface area contributed by atoms with Crippen molar-refractivity contribution in [3.63, 3.8) is 0 Å². The molecule has 23 heavy (non-hydrogen) atoms. The van der Waals surface area contributed by atoms with Crippen LogP contribution in [0.5, 0.6) is 0 Å². The summed E-state index contributed by atoms with van der Waals surface area (Å²) in [4.78, 5) is 2.56. The van der Waals surface area contributed by atoms with E-state index in [1.165, 1.54) is 36.8 Å². The van der Waals surface area contributed by atoms with E-state index in [9.17, 15) is 5.11 Å². The Kier molecular flexibility index (Phi) is 5.10. The molecule has 1 aromatic rings. The summed E-state index contributed by atoms with van der Waals surface area (Å²) in [6, 6.07) is 8.92. The molecule has 1 heterocycles. The average Bonchev–Trinajstić information content (AvgIpc) is 2.94. The minimum absolute atomic E-state index is 0.158. The Morgan fingerprint density at radius 2 is 1.78 bits per heavy atom. The Balaban J connectivity index is 1.53. The van der Waals surface area contributed by atoms with Crippen LogP contribution in [-0.4, -0.2) is 40.9 Å². The van der Waals surface area contributed by atoms with Crippen molar-refractivity contribution in [3.8, 4) is 0 Å². The first kappa shape index (κ1) is 16.9. The van der Waals surface area contributed by atoms with Gasteiger partial charge >= 0.3 is 0 Å². The van der Waals surface area contributed by atoms with Crippen LogP contribution < -0.4 is 0 Å². The van der Waals surface area contributed by atoms with E-state index in [-0.39, 0.29) is 5.60 Å². The lowest BCUT2D eigenvalue weighted by Gasteiger charge is -2.40. The molecule has 128 valence electrons. The molecule has 0 radical (unpaired) electrons. The molecule has 2 aliphatic rings. The van der Waals surface area contributed by atoms with E-state index in [1.807, 2.05) is 13.8 Å². The molecule has 1 saturated heterocycles. The molecule has 1 aliphatic heterocycles. The SMILES string of the molecule is CC(C)(O)CCc1ccc(CN2CCOC3(CCCC3)C2)cc1. The molecule has 1 N–H and O–H groups in total. The molecule has 0 atom stereocenters. The van der Waals surface area contributed by atoms with E-state index in [4.69, 9.17) is 4.74 Å². The predicted octanol–water partition coefficient (Wildman–Crippen LogP) is 3.54. The summed E-state index contributed by atoms with van der Waals surface area (Å²) in [5, 5.41) is 9.83. The number of benzene rings is 1. The summed E-state index contributed by atoms with van der Waals surface area (Å²) in [5.41, 5.74) is 2.27. The van der Waals surface area contributed by atoms with E-state index in [2.05, 4.69) is 29.2 Å². The van der Waals surface area contributed by atoms with Gasteiger partial charge in [-0.15, -0.1) is 0 Å². The van der Waals surface area contributed by atoms with Gasteiger partial charge in [-0.3, -0.25) is 4.90 Å². The fraction of sp³-hybridized carbons (Fsp3) is 0.700. The highest BCUT2D eigenvalue weighted by Crippen LogP contribution is 2.36. The van der Waals surface area contributed by atoms with Crippen molar-refractivity contribution in [2.45, 2.75) is 70.1 Å². The molecule has 1 aromatic carbocycles. The quantitative estimate of drug-likeness (QED) is 0.901. The molecule has 1 aliphatic carbocycles. The summed E-state index contributed by atoms with van der Waals surface area (Å²) in [6.45, 7) is 7.79. The largest absolute Gasteiger partial charge is 0.390 e. The summed E-state index contributed by atoms with van der Waals surface area (Å²) in [7, 11) is 0. The molecule has 3 heteroatoms. The van der Waals surface area contributed by atoms with Crippen molar-refractivity contribution in [2.75, 3.05) is 19.7 Å². The van der Waals surface area contributed by atoms with Crippen molar-refractivity contribution in [3.05, 3.63) is 35.4 Å². The Morgan fingerprint density at radius 1 is 1.13 bits per heavy atom. The topological polar surface area (TPSA) is 32.7 Å². The zero-order valence-electron chi connectivity index (χ0n) is 14.7. The van der Waals surface area contributed by atoms with Crippen LogP contribution in [0.1, 0.15) is 57.1 Å². The van der Waals surface area contributed by atoms with Crippen molar-refractivity contribution in [1.29, 1.82) is 0 Å². The number of nitrogens with zero attached hydrogens (tertiary/aromatic N) is 1. The smallest absolute Gasteiger partial charge is 0.0809 e. The van der Waals surface area contributed by atoms with Gasteiger partial charge < -0.3 is 9.84 Å². The van der Waals surface area contributed by atoms with E-state index in [0.29, 0.717) is 0 Å². The highest BCUT2D eigenvalue weighted by molar-refractivity contribution is 5.23. The van der Waals surface area contributed by atoms with Gasteiger partial charge in [0.2, 0.25) is 0 Å². The molecule has 2 fully saturated rings. The summed E-state index contributed by atoms with van der Waals surface area (Å²) in [6.07, 6.45) is 6.86. The van der Waals surface area contributed by atoms with Crippen molar-refractivity contribution in [1.82, 2.24) is 4.90 Å². The van der Waals surface area contributed by atoms with Crippen molar-refractivity contribution < 1.29 is 9.84 Å². The van der Waals surface area contributed by atoms with Crippen LogP contribution in [0.3, 0.4) is 0 Å². The molecule has 3 rings (SSSR count). The lowest BCUT2D eigenvalue weighted by atomic mass is 9.97. The first-order valence-electron chi connectivity index (χ1n) is 9.11. The van der Waals surface area contributed by atoms with Crippen LogP contribution in [0, 0.1) is 0 Å². The Bertz CT molecular complexity index is 497. The van der Waals surface area contributed by atoms with Gasteiger partial charge in [0.1, 0.15) is 0 Å². The van der Waals surface area contributed by atoms with Gasteiger partial charge in [-0.1, -0.05) is 37.1 Å². The lowest BCUT2D eigenvalue weighted by Crippen LogP contribution is -2.49. The number of ether oxygens (including phenoxy) is 1. The van der Waals surface area contributed by atoms with Crippen LogP contribution in [0.15, 0.2) is 24.3 Å². The van der Waals surface area contributed by atoms with Crippen LogP contribution in [0.2, 0.25) is 0 Å². The zero-order valence-corrected chi connectivity index (χ0v) is 14.7. The van der Waals surface area contributed by atoms with Gasteiger partial charge in [-0.25, -0.2) is 0 Å². The molecule has 0 bridgehead atoms. The second-order valence-electron chi connectivity index (χ2n) is 8.08. The first-order valence-corrected chi connectivity index (χ1v) is 9.11. The summed E-state index contributed by atoms with van der Waals surface area (Å²) in [5.74, 6) is 0. The van der Waals surface area contributed by atoms with Crippen LogP contribution >= 0.6 is 0 Å². The number of hydrogen-bond donors (Lipinski definition) is 1. The highest BCUT2D eigenvalue weighted by atomic mass is 16.5. The van der Waals surface area contributed by atoms with Gasteiger partial charge in [0.15, 0.2) is 0 Å². The summed E-state index contributed by atoms with van der Waals surface area (Å²) >= 11 is 0. The zero-order chi connectivity index (χ0) is 16.3. The Labute approximate surface area is 140 Å². The molecule has 3 nitrogen and oxygen atoms in total. The first-order chi connectivity index (χ1) is 10.9. The fourth-order valence-corrected chi connectivity index (χ4v) is 3.90. The van der Waals surface area contributed by atoms with Crippen LogP contribution in [0.4, 0.5) is 0 Å². The van der Waals surface area contributed by atoms with E-state index < -0.39 is 5.60 Å². The van der Waals surface area contributed by atoms with Crippen LogP contribution in [0.25, 0.3) is 0 Å². The molecule has 1 saturated carbocycles. The molecule has 0 aromatic heterocycles. The standard InChI is InChI=1S/C20H31NO2/c1-19(2,22)12-9-17-5-7-18(8-6-17)15-21-13-14-23-20(16-21)10-3-4-11-20/h5-8,22H,3-4,9-16H2,1-2H3. The number of rotatable bonds is 5. The number of morpholine rings is 1. The van der Waals surface area contributed by atoms with Gasteiger partial charge in [0, 0.05) is 19.6 Å². The Morgan fingerprint density at radius 3 is 2.43 bits per heavy atom. The minimum Gasteiger partial charge on any atom is -0.390 e. The maximum absolute atomic E-state index is 9.83. The number of aliphatic hydroxyl groups is 1. The fourth-order valence-electron chi connectivity index (χ4n) is 3.90. The van der Waals surface area contributed by atoms with Gasteiger partial charge in [-0.2, -0.15) is 0 Å². The third-order valence-corrected chi connectivity index (χ3v) is 5.30. The second kappa shape index (κ2) is 6.92. The van der Waals surface area contributed by atoms with E-state index >= 15 is 0 Å². The molecular weight excluding hydrogens is 286 g/mol. The molecular formula is C20H31NO2. The third-order valence-electron chi connectivity index (χ3n) is 5.30. The van der Waals surface area contributed by atoms with Crippen molar-refractivity contribution in [2.24, 2.45) is 0 Å². The number of hydrogen-bond acceptors (Lipinski definition) is 3. The monoisotopic (exact) mass is 317 g/mol. The predicted molar refractivity (Wildman–Crippen MR) is 93.5 cm³/mol. The molecule has 0 amide bonds. The van der Waals surface area contributed by atoms with E-state index in [0.717, 1.165) is 39.1 Å². The third kappa shape index (κ3) is 4.79. The minimum atomic E-state index is -0.581. The van der Waals surface area contributed by atoms with Crippen LogP contribution in [-0.2, 0) is 17.7 Å². The molecule has 0 unspecified atom stereocenters. The van der Waals surface area contributed by atoms with E-state index in [1.54, 1.807) is 0 Å². The highest BCUT2D eigenvalue weighted by Gasteiger charge is 2.38. The normalized spacial score (nSPS) is 21.9. The van der Waals surface area contributed by atoms with Crippen molar-refractivity contribution >= 4 is 0 Å². The maximum atomic E-state index is 9.83. The second-order valence-corrected chi connectivity index (χ2v) is 8.08.